The van der Waals surface area contributed by atoms with Crippen molar-refractivity contribution in [1.29, 1.82) is 0 Å². The Morgan fingerprint density at radius 3 is 2.54 bits per heavy atom. The van der Waals surface area contributed by atoms with Gasteiger partial charge in [0.15, 0.2) is 0 Å². The van der Waals surface area contributed by atoms with Crippen LogP contribution in [0.25, 0.3) is 0 Å². The highest BCUT2D eigenvalue weighted by molar-refractivity contribution is 7.89. The fraction of sp³-hybridized carbons (Fsp3) is 0.278. The van der Waals surface area contributed by atoms with Crippen LogP contribution in [0.3, 0.4) is 0 Å². The van der Waals surface area contributed by atoms with E-state index in [1.165, 1.54) is 16.4 Å². The van der Waals surface area contributed by atoms with Crippen LogP contribution in [-0.4, -0.2) is 44.9 Å². The predicted octanol–water partition coefficient (Wildman–Crippen LogP) is 2.92. The molecule has 1 amide bonds. The first-order valence-electron chi connectivity index (χ1n) is 8.14. The van der Waals surface area contributed by atoms with E-state index < -0.39 is 15.9 Å². The van der Waals surface area contributed by atoms with Crippen molar-refractivity contribution in [2.75, 3.05) is 31.6 Å². The van der Waals surface area contributed by atoms with Crippen LogP contribution in [0.5, 0.6) is 0 Å². The molecular weight excluding hydrogens is 376 g/mol. The molecule has 6 nitrogen and oxygen atoms in total. The molecule has 1 N–H and O–H groups in total. The fourth-order valence-corrected chi connectivity index (χ4v) is 4.45. The maximum atomic E-state index is 12.9. The van der Waals surface area contributed by atoms with Gasteiger partial charge in [0.05, 0.1) is 23.7 Å². The van der Waals surface area contributed by atoms with Crippen LogP contribution >= 0.6 is 11.6 Å². The van der Waals surface area contributed by atoms with Crippen molar-refractivity contribution in [3.05, 3.63) is 58.6 Å². The van der Waals surface area contributed by atoms with E-state index in [2.05, 4.69) is 5.32 Å². The number of amides is 1. The van der Waals surface area contributed by atoms with Gasteiger partial charge in [-0.1, -0.05) is 29.8 Å². The largest absolute Gasteiger partial charge is 0.379 e. The molecular formula is C18H19ClN2O4S. The maximum Gasteiger partial charge on any atom is 0.257 e. The summed E-state index contributed by atoms with van der Waals surface area (Å²) in [6, 6.07) is 11.3. The van der Waals surface area contributed by atoms with Gasteiger partial charge in [-0.05, 0) is 36.8 Å². The van der Waals surface area contributed by atoms with Crippen LogP contribution in [0, 0.1) is 6.92 Å². The van der Waals surface area contributed by atoms with Crippen molar-refractivity contribution in [1.82, 2.24) is 4.31 Å². The topological polar surface area (TPSA) is 75.7 Å². The highest BCUT2D eigenvalue weighted by Gasteiger charge is 2.30. The van der Waals surface area contributed by atoms with Gasteiger partial charge < -0.3 is 10.1 Å². The number of hydrogen-bond acceptors (Lipinski definition) is 4. The van der Waals surface area contributed by atoms with E-state index >= 15 is 0 Å². The summed E-state index contributed by atoms with van der Waals surface area (Å²) < 4.78 is 32.4. The Morgan fingerprint density at radius 2 is 1.85 bits per heavy atom. The quantitative estimate of drug-likeness (QED) is 0.865. The zero-order valence-corrected chi connectivity index (χ0v) is 15.8. The van der Waals surface area contributed by atoms with E-state index in [0.717, 1.165) is 5.56 Å². The number of halogens is 1. The third-order valence-corrected chi connectivity index (χ3v) is 6.51. The zero-order valence-electron chi connectivity index (χ0n) is 14.2. The summed E-state index contributed by atoms with van der Waals surface area (Å²) in [6.07, 6.45) is 0. The van der Waals surface area contributed by atoms with Gasteiger partial charge in [-0.2, -0.15) is 4.31 Å². The molecule has 8 heteroatoms. The molecule has 0 unspecified atom stereocenters. The van der Waals surface area contributed by atoms with Gasteiger partial charge in [0.25, 0.3) is 5.91 Å². The zero-order chi connectivity index (χ0) is 18.7. The summed E-state index contributed by atoms with van der Waals surface area (Å²) >= 11 is 6.08. The van der Waals surface area contributed by atoms with E-state index in [4.69, 9.17) is 16.3 Å². The molecule has 1 aliphatic rings. The number of carbonyl (C=O) groups excluding carboxylic acids is 1. The Hall–Kier alpha value is -1.93. The third-order valence-electron chi connectivity index (χ3n) is 4.15. The average Bonchev–Trinajstić information content (AvgIpc) is 2.65. The first kappa shape index (κ1) is 18.8. The number of rotatable bonds is 4. The number of sulfonamides is 1. The van der Waals surface area contributed by atoms with E-state index in [-0.39, 0.29) is 23.5 Å². The van der Waals surface area contributed by atoms with Crippen molar-refractivity contribution < 1.29 is 17.9 Å². The molecule has 1 saturated heterocycles. The molecule has 0 aliphatic carbocycles. The van der Waals surface area contributed by atoms with Crippen molar-refractivity contribution in [2.45, 2.75) is 11.8 Å². The second-order valence-corrected chi connectivity index (χ2v) is 8.24. The summed E-state index contributed by atoms with van der Waals surface area (Å²) in [6.45, 7) is 3.08. The molecule has 0 radical (unpaired) electrons. The van der Waals surface area contributed by atoms with Crippen LogP contribution in [0.1, 0.15) is 15.9 Å². The third kappa shape index (κ3) is 3.91. The first-order chi connectivity index (χ1) is 12.4. The molecule has 0 aromatic heterocycles. The SMILES string of the molecule is Cc1ccc(NC(=O)c2ccccc2S(=O)(=O)N2CCOCC2)cc1Cl. The summed E-state index contributed by atoms with van der Waals surface area (Å²) in [5.74, 6) is -0.502. The van der Waals surface area contributed by atoms with Gasteiger partial charge in [0.2, 0.25) is 10.0 Å². The molecule has 2 aromatic rings. The van der Waals surface area contributed by atoms with Crippen molar-refractivity contribution in [3.8, 4) is 0 Å². The van der Waals surface area contributed by atoms with Gasteiger partial charge >= 0.3 is 0 Å². The summed E-state index contributed by atoms with van der Waals surface area (Å²) in [4.78, 5) is 12.7. The molecule has 0 saturated carbocycles. The Bertz CT molecular complexity index is 925. The van der Waals surface area contributed by atoms with Gasteiger partial charge in [0.1, 0.15) is 0 Å². The number of hydrogen-bond donors (Lipinski definition) is 1. The second kappa shape index (κ2) is 7.75. The van der Waals surface area contributed by atoms with Crippen LogP contribution < -0.4 is 5.32 Å². The van der Waals surface area contributed by atoms with E-state index in [1.807, 2.05) is 6.92 Å². The molecule has 3 rings (SSSR count). The summed E-state index contributed by atoms with van der Waals surface area (Å²) in [5, 5.41) is 3.24. The number of ether oxygens (including phenoxy) is 1. The number of nitrogens with one attached hydrogen (secondary N) is 1. The molecule has 2 aromatic carbocycles. The lowest BCUT2D eigenvalue weighted by Gasteiger charge is -2.26. The molecule has 138 valence electrons. The number of aryl methyl sites for hydroxylation is 1. The number of morpholine rings is 1. The standard InChI is InChI=1S/C18H19ClN2O4S/c1-13-6-7-14(12-16(13)19)20-18(22)15-4-2-3-5-17(15)26(23,24)21-8-10-25-11-9-21/h2-7,12H,8-11H2,1H3,(H,20,22). The van der Waals surface area contributed by atoms with Crippen molar-refractivity contribution >= 4 is 33.2 Å². The molecule has 1 aliphatic heterocycles. The summed E-state index contributed by atoms with van der Waals surface area (Å²) in [7, 11) is -3.78. The molecule has 0 spiro atoms. The second-order valence-electron chi connectivity index (χ2n) is 5.93. The number of carbonyl (C=O) groups is 1. The molecule has 0 bridgehead atoms. The predicted molar refractivity (Wildman–Crippen MR) is 100 cm³/mol. The minimum atomic E-state index is -3.78. The molecule has 1 fully saturated rings. The van der Waals surface area contributed by atoms with Crippen LogP contribution in [0.2, 0.25) is 5.02 Å². The minimum Gasteiger partial charge on any atom is -0.379 e. The Labute approximate surface area is 157 Å². The Morgan fingerprint density at radius 1 is 1.15 bits per heavy atom. The van der Waals surface area contributed by atoms with E-state index in [9.17, 15) is 13.2 Å². The average molecular weight is 395 g/mol. The normalized spacial score (nSPS) is 15.6. The lowest BCUT2D eigenvalue weighted by Crippen LogP contribution is -2.41. The minimum absolute atomic E-state index is 0.0161. The van der Waals surface area contributed by atoms with Crippen molar-refractivity contribution in [2.24, 2.45) is 0 Å². The van der Waals surface area contributed by atoms with Gasteiger partial charge in [-0.3, -0.25) is 4.79 Å². The van der Waals surface area contributed by atoms with Crippen molar-refractivity contribution in [3.63, 3.8) is 0 Å². The highest BCUT2D eigenvalue weighted by Crippen LogP contribution is 2.24. The van der Waals surface area contributed by atoms with Gasteiger partial charge in [-0.15, -0.1) is 0 Å². The summed E-state index contributed by atoms with van der Waals surface area (Å²) in [5.41, 5.74) is 1.49. The molecule has 26 heavy (non-hydrogen) atoms. The number of nitrogens with zero attached hydrogens (tertiary/aromatic N) is 1. The van der Waals surface area contributed by atoms with Crippen LogP contribution in [-0.2, 0) is 14.8 Å². The van der Waals surface area contributed by atoms with Crippen LogP contribution in [0.4, 0.5) is 5.69 Å². The number of benzene rings is 2. The Balaban J connectivity index is 1.91. The highest BCUT2D eigenvalue weighted by atomic mass is 35.5. The smallest absolute Gasteiger partial charge is 0.257 e. The van der Waals surface area contributed by atoms with E-state index in [1.54, 1.807) is 30.3 Å². The lowest BCUT2D eigenvalue weighted by molar-refractivity contribution is 0.0730. The monoisotopic (exact) mass is 394 g/mol. The maximum absolute atomic E-state index is 12.9. The van der Waals surface area contributed by atoms with Gasteiger partial charge in [0, 0.05) is 23.8 Å². The van der Waals surface area contributed by atoms with Crippen LogP contribution in [0.15, 0.2) is 47.4 Å². The van der Waals surface area contributed by atoms with E-state index in [0.29, 0.717) is 23.9 Å². The lowest BCUT2D eigenvalue weighted by atomic mass is 10.2. The van der Waals surface area contributed by atoms with Gasteiger partial charge in [-0.25, -0.2) is 8.42 Å². The fourth-order valence-electron chi connectivity index (χ4n) is 2.67. The molecule has 0 atom stereocenters. The number of anilines is 1. The first-order valence-corrected chi connectivity index (χ1v) is 9.96. The molecule has 1 heterocycles. The Kier molecular flexibility index (Phi) is 5.62.